The maximum atomic E-state index is 11.0. The van der Waals surface area contributed by atoms with Crippen LogP contribution in [0.25, 0.3) is 0 Å². The van der Waals surface area contributed by atoms with Crippen LogP contribution in [0.5, 0.6) is 0 Å². The molecule has 0 aliphatic rings. The number of nitrogens with one attached hydrogen (secondary N) is 2. The second-order valence-corrected chi connectivity index (χ2v) is 4.01. The molecule has 1 rings (SSSR count). The van der Waals surface area contributed by atoms with Gasteiger partial charge in [0, 0.05) is 18.0 Å². The van der Waals surface area contributed by atoms with E-state index < -0.39 is 12.0 Å². The zero-order valence-corrected chi connectivity index (χ0v) is 9.58. The van der Waals surface area contributed by atoms with Crippen molar-refractivity contribution in [3.8, 4) is 0 Å². The van der Waals surface area contributed by atoms with Crippen molar-refractivity contribution in [2.45, 2.75) is 18.1 Å². The highest BCUT2D eigenvalue weighted by Crippen LogP contribution is 2.11. The highest BCUT2D eigenvalue weighted by molar-refractivity contribution is 7.99. The highest BCUT2D eigenvalue weighted by Gasteiger charge is 2.16. The lowest BCUT2D eigenvalue weighted by atomic mass is 10.3. The third-order valence-electron chi connectivity index (χ3n) is 1.78. The summed E-state index contributed by atoms with van der Waals surface area (Å²) in [5.41, 5.74) is -0.243. The summed E-state index contributed by atoms with van der Waals surface area (Å²) in [7, 11) is 0. The van der Waals surface area contributed by atoms with Crippen LogP contribution < -0.4 is 10.9 Å². The minimum Gasteiger partial charge on any atom is -0.480 e. The van der Waals surface area contributed by atoms with Gasteiger partial charge >= 0.3 is 5.97 Å². The molecule has 0 aliphatic carbocycles. The normalized spacial score (nSPS) is 12.3. The zero-order chi connectivity index (χ0) is 12.0. The van der Waals surface area contributed by atoms with Gasteiger partial charge in [0.2, 0.25) is 0 Å². The molecule has 0 aromatic carbocycles. The molecule has 7 heteroatoms. The summed E-state index contributed by atoms with van der Waals surface area (Å²) >= 11 is 1.20. The molecule has 0 saturated heterocycles. The topological polar surface area (TPSA) is 95.1 Å². The Bertz CT molecular complexity index is 407. The van der Waals surface area contributed by atoms with E-state index in [2.05, 4.69) is 15.3 Å². The quantitative estimate of drug-likeness (QED) is 0.478. The van der Waals surface area contributed by atoms with Crippen LogP contribution in [0.2, 0.25) is 0 Å². The van der Waals surface area contributed by atoms with E-state index in [-0.39, 0.29) is 5.56 Å². The minimum atomic E-state index is -0.910. The van der Waals surface area contributed by atoms with E-state index in [0.29, 0.717) is 17.5 Å². The van der Waals surface area contributed by atoms with Crippen LogP contribution in [0.4, 0.5) is 0 Å². The third kappa shape index (κ3) is 4.03. The van der Waals surface area contributed by atoms with Crippen LogP contribution in [0.15, 0.2) is 22.2 Å². The molecular formula is C9H13N3O3S. The smallest absolute Gasteiger partial charge is 0.321 e. The predicted molar refractivity (Wildman–Crippen MR) is 60.7 cm³/mol. The molecule has 6 nitrogen and oxygen atoms in total. The molecule has 1 atom stereocenters. The fraction of sp³-hybridized carbons (Fsp3) is 0.444. The number of thioether (sulfide) groups is 1. The van der Waals surface area contributed by atoms with Gasteiger partial charge in [-0.2, -0.15) is 0 Å². The number of nitrogens with zero attached hydrogens (tertiary/aromatic N) is 1. The molecule has 3 N–H and O–H groups in total. The summed E-state index contributed by atoms with van der Waals surface area (Å²) < 4.78 is 0. The van der Waals surface area contributed by atoms with Gasteiger partial charge in [-0.1, -0.05) is 18.7 Å². The molecule has 88 valence electrons. The third-order valence-corrected chi connectivity index (χ3v) is 2.76. The van der Waals surface area contributed by atoms with Crippen LogP contribution in [0.1, 0.15) is 6.92 Å². The Morgan fingerprint density at radius 2 is 2.50 bits per heavy atom. The number of carbonyl (C=O) groups is 1. The Hall–Kier alpha value is -1.34. The van der Waals surface area contributed by atoms with Crippen molar-refractivity contribution >= 4 is 17.7 Å². The zero-order valence-electron chi connectivity index (χ0n) is 8.77. The van der Waals surface area contributed by atoms with Gasteiger partial charge in [0.05, 0.1) is 0 Å². The van der Waals surface area contributed by atoms with Gasteiger partial charge in [-0.15, -0.1) is 0 Å². The summed E-state index contributed by atoms with van der Waals surface area (Å²) in [4.78, 5) is 28.2. The van der Waals surface area contributed by atoms with Crippen LogP contribution in [0.3, 0.4) is 0 Å². The molecule has 0 aliphatic heterocycles. The molecule has 1 aromatic rings. The number of carboxylic acids is 1. The lowest BCUT2D eigenvalue weighted by Gasteiger charge is -2.11. The van der Waals surface area contributed by atoms with Gasteiger partial charge in [-0.25, -0.2) is 4.98 Å². The maximum Gasteiger partial charge on any atom is 0.321 e. The molecule has 0 amide bonds. The van der Waals surface area contributed by atoms with Gasteiger partial charge in [-0.3, -0.25) is 9.59 Å². The standard InChI is InChI=1S/C9H13N3O3S/c1-2-10-6(8(14)15)5-16-9-11-4-3-7(13)12-9/h3-4,6,10H,2,5H2,1H3,(H,14,15)(H,11,12,13). The molecule has 1 heterocycles. The number of carboxylic acid groups (broad SMARTS) is 1. The van der Waals surface area contributed by atoms with Crippen molar-refractivity contribution in [2.75, 3.05) is 12.3 Å². The summed E-state index contributed by atoms with van der Waals surface area (Å²) in [5, 5.41) is 12.1. The molecule has 0 radical (unpaired) electrons. The molecule has 0 bridgehead atoms. The first-order valence-electron chi connectivity index (χ1n) is 4.77. The Balaban J connectivity index is 2.55. The molecule has 1 unspecified atom stereocenters. The van der Waals surface area contributed by atoms with E-state index in [1.54, 1.807) is 0 Å². The molecule has 0 saturated carbocycles. The Kier molecular flexibility index (Phi) is 5.00. The first-order chi connectivity index (χ1) is 7.63. The number of aromatic nitrogens is 2. The second-order valence-electron chi connectivity index (χ2n) is 3.00. The monoisotopic (exact) mass is 243 g/mol. The van der Waals surface area contributed by atoms with Crippen molar-refractivity contribution in [3.63, 3.8) is 0 Å². The first kappa shape index (κ1) is 12.7. The van der Waals surface area contributed by atoms with Crippen molar-refractivity contribution < 1.29 is 9.90 Å². The SMILES string of the molecule is CCNC(CSc1nccc(=O)[nH]1)C(=O)O. The number of hydrogen-bond donors (Lipinski definition) is 3. The van der Waals surface area contributed by atoms with Crippen molar-refractivity contribution in [3.05, 3.63) is 22.6 Å². The molecular weight excluding hydrogens is 230 g/mol. The number of aromatic amines is 1. The maximum absolute atomic E-state index is 11.0. The predicted octanol–water partition coefficient (Wildman–Crippen LogP) is -0.0753. The molecule has 0 fully saturated rings. The Morgan fingerprint density at radius 1 is 1.75 bits per heavy atom. The fourth-order valence-electron chi connectivity index (χ4n) is 1.05. The summed E-state index contributed by atoms with van der Waals surface area (Å²) in [6, 6.07) is 0.670. The Labute approximate surface area is 96.5 Å². The van der Waals surface area contributed by atoms with Crippen molar-refractivity contribution in [1.82, 2.24) is 15.3 Å². The number of H-pyrrole nitrogens is 1. The van der Waals surface area contributed by atoms with Gasteiger partial charge < -0.3 is 15.4 Å². The van der Waals surface area contributed by atoms with E-state index in [0.717, 1.165) is 0 Å². The Morgan fingerprint density at radius 3 is 3.06 bits per heavy atom. The second kappa shape index (κ2) is 6.29. The first-order valence-corrected chi connectivity index (χ1v) is 5.76. The van der Waals surface area contributed by atoms with E-state index in [1.165, 1.54) is 24.0 Å². The van der Waals surface area contributed by atoms with Crippen molar-refractivity contribution in [2.24, 2.45) is 0 Å². The number of rotatable bonds is 6. The molecule has 0 spiro atoms. The summed E-state index contributed by atoms with van der Waals surface area (Å²) in [6.07, 6.45) is 1.39. The number of likely N-dealkylation sites (N-methyl/N-ethyl adjacent to an activating group) is 1. The van der Waals surface area contributed by atoms with Gasteiger partial charge in [0.15, 0.2) is 5.16 Å². The van der Waals surface area contributed by atoms with E-state index in [4.69, 9.17) is 5.11 Å². The highest BCUT2D eigenvalue weighted by atomic mass is 32.2. The van der Waals surface area contributed by atoms with Crippen LogP contribution in [-0.2, 0) is 4.79 Å². The largest absolute Gasteiger partial charge is 0.480 e. The van der Waals surface area contributed by atoms with Crippen molar-refractivity contribution in [1.29, 1.82) is 0 Å². The van der Waals surface area contributed by atoms with E-state index in [9.17, 15) is 9.59 Å². The fourth-order valence-corrected chi connectivity index (χ4v) is 1.94. The summed E-state index contributed by atoms with van der Waals surface area (Å²) in [5.74, 6) is -0.594. The van der Waals surface area contributed by atoms with Gasteiger partial charge in [-0.05, 0) is 6.54 Å². The minimum absolute atomic E-state index is 0.243. The van der Waals surface area contributed by atoms with Crippen LogP contribution in [-0.4, -0.2) is 39.4 Å². The molecule has 16 heavy (non-hydrogen) atoms. The van der Waals surface area contributed by atoms with E-state index >= 15 is 0 Å². The lowest BCUT2D eigenvalue weighted by Crippen LogP contribution is -2.38. The number of aliphatic carboxylic acids is 1. The average Bonchev–Trinajstić information content (AvgIpc) is 2.24. The summed E-state index contributed by atoms with van der Waals surface area (Å²) in [6.45, 7) is 2.42. The van der Waals surface area contributed by atoms with Gasteiger partial charge in [0.1, 0.15) is 6.04 Å². The molecule has 1 aromatic heterocycles. The average molecular weight is 243 g/mol. The van der Waals surface area contributed by atoms with Crippen LogP contribution >= 0.6 is 11.8 Å². The number of hydrogen-bond acceptors (Lipinski definition) is 5. The van der Waals surface area contributed by atoms with E-state index in [1.807, 2.05) is 6.92 Å². The van der Waals surface area contributed by atoms with Gasteiger partial charge in [0.25, 0.3) is 5.56 Å². The van der Waals surface area contributed by atoms with Crippen LogP contribution in [0, 0.1) is 0 Å². The lowest BCUT2D eigenvalue weighted by molar-refractivity contribution is -0.138.